The molecule has 0 bridgehead atoms. The summed E-state index contributed by atoms with van der Waals surface area (Å²) in [5.74, 6) is 2.73. The monoisotopic (exact) mass is 244 g/mol. The molecule has 98 valence electrons. The molecular formula is C16H24N2. The van der Waals surface area contributed by atoms with Crippen LogP contribution in [0.5, 0.6) is 0 Å². The van der Waals surface area contributed by atoms with Crippen LogP contribution in [0.4, 0.5) is 5.69 Å². The van der Waals surface area contributed by atoms with E-state index in [1.807, 2.05) is 0 Å². The van der Waals surface area contributed by atoms with Crippen molar-refractivity contribution < 1.29 is 0 Å². The van der Waals surface area contributed by atoms with Crippen LogP contribution in [0.1, 0.15) is 37.8 Å². The van der Waals surface area contributed by atoms with Gasteiger partial charge in [-0.1, -0.05) is 19.1 Å². The third-order valence-corrected chi connectivity index (χ3v) is 3.03. The first kappa shape index (κ1) is 14.6. The first-order chi connectivity index (χ1) is 8.69. The number of hydrogen-bond acceptors (Lipinski definition) is 2. The molecule has 18 heavy (non-hydrogen) atoms. The van der Waals surface area contributed by atoms with Crippen LogP contribution in [-0.4, -0.2) is 20.6 Å². The zero-order valence-corrected chi connectivity index (χ0v) is 11.7. The molecule has 1 atom stereocenters. The average molecular weight is 244 g/mol. The Bertz CT molecular complexity index is 373. The highest BCUT2D eigenvalue weighted by atomic mass is 15.1. The normalized spacial score (nSPS) is 11.9. The second-order valence-corrected chi connectivity index (χ2v) is 4.74. The van der Waals surface area contributed by atoms with Crippen LogP contribution in [0.15, 0.2) is 24.3 Å². The van der Waals surface area contributed by atoms with Gasteiger partial charge in [-0.25, -0.2) is 0 Å². The fourth-order valence-corrected chi connectivity index (χ4v) is 1.94. The average Bonchev–Trinajstić information content (AvgIpc) is 2.39. The van der Waals surface area contributed by atoms with Crippen LogP contribution in [0, 0.1) is 12.3 Å². The molecule has 0 radical (unpaired) electrons. The molecule has 0 amide bonds. The molecule has 2 nitrogen and oxygen atoms in total. The molecular weight excluding hydrogens is 220 g/mol. The van der Waals surface area contributed by atoms with E-state index in [1.54, 1.807) is 0 Å². The summed E-state index contributed by atoms with van der Waals surface area (Å²) in [5, 5.41) is 3.56. The lowest BCUT2D eigenvalue weighted by atomic mass is 10.0. The van der Waals surface area contributed by atoms with Gasteiger partial charge in [0.15, 0.2) is 0 Å². The van der Waals surface area contributed by atoms with Crippen LogP contribution in [0.3, 0.4) is 0 Å². The van der Waals surface area contributed by atoms with Gasteiger partial charge in [0, 0.05) is 32.2 Å². The van der Waals surface area contributed by atoms with Gasteiger partial charge < -0.3 is 10.2 Å². The predicted molar refractivity (Wildman–Crippen MR) is 79.9 cm³/mol. The van der Waals surface area contributed by atoms with Crippen LogP contribution >= 0.6 is 0 Å². The van der Waals surface area contributed by atoms with E-state index in [9.17, 15) is 0 Å². The Morgan fingerprint density at radius 1 is 1.28 bits per heavy atom. The number of hydrogen-bond donors (Lipinski definition) is 1. The van der Waals surface area contributed by atoms with E-state index in [-0.39, 0.29) is 0 Å². The highest BCUT2D eigenvalue weighted by Crippen LogP contribution is 2.21. The van der Waals surface area contributed by atoms with E-state index in [2.05, 4.69) is 61.4 Å². The Balaban J connectivity index is 2.74. The smallest absolute Gasteiger partial charge is 0.0361 e. The lowest BCUT2D eigenvalue weighted by Gasteiger charge is -2.19. The number of nitrogens with zero attached hydrogens (tertiary/aromatic N) is 1. The number of terminal acetylenes is 1. The van der Waals surface area contributed by atoms with E-state index in [0.717, 1.165) is 25.8 Å². The Morgan fingerprint density at radius 3 is 2.44 bits per heavy atom. The summed E-state index contributed by atoms with van der Waals surface area (Å²) in [6.07, 6.45) is 8.32. The molecule has 0 heterocycles. The molecule has 0 saturated heterocycles. The zero-order chi connectivity index (χ0) is 13.4. The van der Waals surface area contributed by atoms with Gasteiger partial charge in [-0.05, 0) is 37.1 Å². The van der Waals surface area contributed by atoms with Crippen molar-refractivity contribution in [2.75, 3.05) is 25.5 Å². The van der Waals surface area contributed by atoms with Crippen molar-refractivity contribution in [2.45, 2.75) is 32.2 Å². The molecule has 0 aliphatic heterocycles. The maximum absolute atomic E-state index is 5.36. The second kappa shape index (κ2) is 7.79. The van der Waals surface area contributed by atoms with Crippen molar-refractivity contribution in [3.8, 4) is 12.3 Å². The molecule has 0 fully saturated rings. The number of benzene rings is 1. The molecule has 0 aliphatic rings. The van der Waals surface area contributed by atoms with Crippen molar-refractivity contribution >= 4 is 5.69 Å². The highest BCUT2D eigenvalue weighted by molar-refractivity contribution is 5.46. The Hall–Kier alpha value is -1.46. The summed E-state index contributed by atoms with van der Waals surface area (Å²) >= 11 is 0. The van der Waals surface area contributed by atoms with E-state index >= 15 is 0 Å². The largest absolute Gasteiger partial charge is 0.378 e. The first-order valence-electron chi connectivity index (χ1n) is 6.63. The van der Waals surface area contributed by atoms with Gasteiger partial charge in [-0.15, -0.1) is 12.3 Å². The Labute approximate surface area is 111 Å². The summed E-state index contributed by atoms with van der Waals surface area (Å²) in [4.78, 5) is 2.11. The van der Waals surface area contributed by atoms with Gasteiger partial charge in [0.2, 0.25) is 0 Å². The van der Waals surface area contributed by atoms with Crippen LogP contribution in [0.2, 0.25) is 0 Å². The van der Waals surface area contributed by atoms with Gasteiger partial charge in [0.25, 0.3) is 0 Å². The third kappa shape index (κ3) is 4.43. The van der Waals surface area contributed by atoms with Crippen molar-refractivity contribution in [2.24, 2.45) is 0 Å². The van der Waals surface area contributed by atoms with Gasteiger partial charge in [-0.2, -0.15) is 0 Å². The summed E-state index contributed by atoms with van der Waals surface area (Å²) in [6, 6.07) is 9.08. The van der Waals surface area contributed by atoms with Crippen molar-refractivity contribution in [1.29, 1.82) is 0 Å². The predicted octanol–water partition coefficient (Wildman–Crippen LogP) is 3.21. The number of rotatable bonds is 7. The van der Waals surface area contributed by atoms with Crippen LogP contribution < -0.4 is 10.2 Å². The number of nitrogens with one attached hydrogen (secondary N) is 1. The minimum Gasteiger partial charge on any atom is -0.378 e. The van der Waals surface area contributed by atoms with E-state index in [1.165, 1.54) is 11.3 Å². The zero-order valence-electron chi connectivity index (χ0n) is 11.7. The van der Waals surface area contributed by atoms with Crippen LogP contribution in [-0.2, 0) is 0 Å². The quantitative estimate of drug-likeness (QED) is 0.741. The molecule has 0 aliphatic carbocycles. The van der Waals surface area contributed by atoms with E-state index < -0.39 is 0 Å². The second-order valence-electron chi connectivity index (χ2n) is 4.74. The molecule has 0 spiro atoms. The summed E-state index contributed by atoms with van der Waals surface area (Å²) < 4.78 is 0. The van der Waals surface area contributed by atoms with E-state index in [4.69, 9.17) is 6.42 Å². The van der Waals surface area contributed by atoms with Gasteiger partial charge in [0.1, 0.15) is 0 Å². The molecule has 0 saturated carbocycles. The first-order valence-corrected chi connectivity index (χ1v) is 6.63. The number of anilines is 1. The topological polar surface area (TPSA) is 15.3 Å². The lowest BCUT2D eigenvalue weighted by Crippen LogP contribution is -2.22. The molecule has 0 aromatic heterocycles. The van der Waals surface area contributed by atoms with Crippen molar-refractivity contribution in [3.05, 3.63) is 29.8 Å². The maximum atomic E-state index is 5.36. The minimum atomic E-state index is 0.372. The molecule has 1 aromatic rings. The van der Waals surface area contributed by atoms with Gasteiger partial charge >= 0.3 is 0 Å². The Morgan fingerprint density at radius 2 is 1.94 bits per heavy atom. The maximum Gasteiger partial charge on any atom is 0.0361 e. The SMILES string of the molecule is C#CCCC(NCCC)c1ccc(N(C)C)cc1. The summed E-state index contributed by atoms with van der Waals surface area (Å²) in [7, 11) is 4.11. The van der Waals surface area contributed by atoms with Gasteiger partial charge in [0.05, 0.1) is 0 Å². The minimum absolute atomic E-state index is 0.372. The Kier molecular flexibility index (Phi) is 6.32. The van der Waals surface area contributed by atoms with Crippen LogP contribution in [0.25, 0.3) is 0 Å². The lowest BCUT2D eigenvalue weighted by molar-refractivity contribution is 0.505. The fourth-order valence-electron chi connectivity index (χ4n) is 1.94. The van der Waals surface area contributed by atoms with Crippen molar-refractivity contribution in [3.63, 3.8) is 0 Å². The highest BCUT2D eigenvalue weighted by Gasteiger charge is 2.09. The fraction of sp³-hybridized carbons (Fsp3) is 0.500. The molecule has 1 unspecified atom stereocenters. The van der Waals surface area contributed by atoms with E-state index in [0.29, 0.717) is 6.04 Å². The standard InChI is InChI=1S/C16H24N2/c1-5-7-8-16(17-13-6-2)14-9-11-15(12-10-14)18(3)4/h1,9-12,16-17H,6-8,13H2,2-4H3. The summed E-state index contributed by atoms with van der Waals surface area (Å²) in [5.41, 5.74) is 2.55. The summed E-state index contributed by atoms with van der Waals surface area (Å²) in [6.45, 7) is 3.21. The third-order valence-electron chi connectivity index (χ3n) is 3.03. The molecule has 1 N–H and O–H groups in total. The molecule has 1 rings (SSSR count). The van der Waals surface area contributed by atoms with Gasteiger partial charge in [-0.3, -0.25) is 0 Å². The van der Waals surface area contributed by atoms with Crippen molar-refractivity contribution in [1.82, 2.24) is 5.32 Å². The molecule has 1 aromatic carbocycles. The molecule has 2 heteroatoms.